The molecule has 1 N–H and O–H groups in total. The fraction of sp³-hybridized carbons (Fsp3) is 0.600. The molecule has 1 saturated heterocycles. The number of nitrogens with one attached hydrogen (secondary N) is 1. The van der Waals surface area contributed by atoms with Gasteiger partial charge >= 0.3 is 0 Å². The summed E-state index contributed by atoms with van der Waals surface area (Å²) in [4.78, 5) is 2.46. The molecule has 0 aliphatic carbocycles. The predicted molar refractivity (Wildman–Crippen MR) is 73.5 cm³/mol. The monoisotopic (exact) mass is 232 g/mol. The van der Waals surface area contributed by atoms with Gasteiger partial charge in [-0.15, -0.1) is 0 Å². The first-order valence-corrected chi connectivity index (χ1v) is 6.60. The van der Waals surface area contributed by atoms with Crippen molar-refractivity contribution in [3.63, 3.8) is 0 Å². The summed E-state index contributed by atoms with van der Waals surface area (Å²) in [5.74, 6) is 0.875. The Balaban J connectivity index is 1.78. The van der Waals surface area contributed by atoms with Gasteiger partial charge in [0.2, 0.25) is 0 Å². The number of hydrogen-bond acceptors (Lipinski definition) is 2. The Morgan fingerprint density at radius 2 is 2.00 bits per heavy atom. The van der Waals surface area contributed by atoms with E-state index in [1.807, 2.05) is 0 Å². The summed E-state index contributed by atoms with van der Waals surface area (Å²) in [6.07, 6.45) is 1.16. The first-order chi connectivity index (χ1) is 8.15. The summed E-state index contributed by atoms with van der Waals surface area (Å²) in [6, 6.07) is 6.83. The Labute approximate surface area is 105 Å². The van der Waals surface area contributed by atoms with E-state index in [0.29, 0.717) is 0 Å². The van der Waals surface area contributed by atoms with E-state index in [9.17, 15) is 0 Å². The molecule has 2 nitrogen and oxygen atoms in total. The molecule has 1 aliphatic rings. The fourth-order valence-electron chi connectivity index (χ4n) is 2.29. The normalized spacial score (nSPS) is 16.2. The highest BCUT2D eigenvalue weighted by Gasteiger charge is 2.17. The lowest BCUT2D eigenvalue weighted by molar-refractivity contribution is 0.226. The SMILES string of the molecule is Cc1ccc(CCN(C)CC2CNC2)cc1C. The molecule has 1 fully saturated rings. The van der Waals surface area contributed by atoms with Crippen LogP contribution in [0.1, 0.15) is 16.7 Å². The maximum atomic E-state index is 3.33. The van der Waals surface area contributed by atoms with E-state index in [-0.39, 0.29) is 0 Å². The van der Waals surface area contributed by atoms with Gasteiger partial charge in [-0.2, -0.15) is 0 Å². The average Bonchev–Trinajstić information content (AvgIpc) is 2.25. The van der Waals surface area contributed by atoms with Crippen molar-refractivity contribution in [2.45, 2.75) is 20.3 Å². The minimum atomic E-state index is 0.875. The van der Waals surface area contributed by atoms with Crippen molar-refractivity contribution >= 4 is 0 Å². The van der Waals surface area contributed by atoms with Crippen molar-refractivity contribution in [3.8, 4) is 0 Å². The summed E-state index contributed by atoms with van der Waals surface area (Å²) in [5, 5.41) is 3.33. The number of nitrogens with zero attached hydrogens (tertiary/aromatic N) is 1. The first-order valence-electron chi connectivity index (χ1n) is 6.60. The second-order valence-electron chi connectivity index (χ2n) is 5.46. The lowest BCUT2D eigenvalue weighted by Crippen LogP contribution is -2.47. The van der Waals surface area contributed by atoms with Crippen molar-refractivity contribution in [2.75, 3.05) is 33.2 Å². The quantitative estimate of drug-likeness (QED) is 0.835. The molecule has 1 aromatic carbocycles. The largest absolute Gasteiger partial charge is 0.316 e. The highest BCUT2D eigenvalue weighted by molar-refractivity contribution is 5.30. The maximum Gasteiger partial charge on any atom is 0.00311 e. The highest BCUT2D eigenvalue weighted by Crippen LogP contribution is 2.11. The number of hydrogen-bond donors (Lipinski definition) is 1. The van der Waals surface area contributed by atoms with Crippen molar-refractivity contribution in [1.29, 1.82) is 0 Å². The van der Waals surface area contributed by atoms with Crippen molar-refractivity contribution in [1.82, 2.24) is 10.2 Å². The molecule has 1 heterocycles. The number of aryl methyl sites for hydroxylation is 2. The van der Waals surface area contributed by atoms with Crippen molar-refractivity contribution in [2.24, 2.45) is 5.92 Å². The second kappa shape index (κ2) is 5.65. The third-order valence-electron chi connectivity index (χ3n) is 3.79. The van der Waals surface area contributed by atoms with E-state index < -0.39 is 0 Å². The van der Waals surface area contributed by atoms with Crippen LogP contribution in [-0.2, 0) is 6.42 Å². The Morgan fingerprint density at radius 1 is 1.24 bits per heavy atom. The Hall–Kier alpha value is -0.860. The van der Waals surface area contributed by atoms with Gasteiger partial charge in [0.05, 0.1) is 0 Å². The molecule has 0 bridgehead atoms. The van der Waals surface area contributed by atoms with Crippen LogP contribution >= 0.6 is 0 Å². The van der Waals surface area contributed by atoms with Crippen LogP contribution < -0.4 is 5.32 Å². The molecule has 1 aliphatic heterocycles. The number of benzene rings is 1. The molecular weight excluding hydrogens is 208 g/mol. The van der Waals surface area contributed by atoms with Gasteiger partial charge in [0.25, 0.3) is 0 Å². The average molecular weight is 232 g/mol. The van der Waals surface area contributed by atoms with Gasteiger partial charge in [0.15, 0.2) is 0 Å². The van der Waals surface area contributed by atoms with Gasteiger partial charge in [0.1, 0.15) is 0 Å². The van der Waals surface area contributed by atoms with Crippen LogP contribution in [0.5, 0.6) is 0 Å². The minimum absolute atomic E-state index is 0.875. The molecule has 0 amide bonds. The zero-order valence-corrected chi connectivity index (χ0v) is 11.3. The molecule has 94 valence electrons. The van der Waals surface area contributed by atoms with Crippen LogP contribution in [0.25, 0.3) is 0 Å². The first kappa shape index (κ1) is 12.6. The number of rotatable bonds is 5. The zero-order valence-electron chi connectivity index (χ0n) is 11.3. The highest BCUT2D eigenvalue weighted by atomic mass is 15.1. The van der Waals surface area contributed by atoms with Gasteiger partial charge in [0, 0.05) is 26.2 Å². The summed E-state index contributed by atoms with van der Waals surface area (Å²) in [5.41, 5.74) is 4.27. The molecule has 0 unspecified atom stereocenters. The van der Waals surface area contributed by atoms with Crippen LogP contribution in [0, 0.1) is 19.8 Å². The van der Waals surface area contributed by atoms with Crippen LogP contribution in [-0.4, -0.2) is 38.1 Å². The maximum absolute atomic E-state index is 3.33. The van der Waals surface area contributed by atoms with Gasteiger partial charge in [-0.3, -0.25) is 0 Å². The Morgan fingerprint density at radius 3 is 2.59 bits per heavy atom. The van der Waals surface area contributed by atoms with E-state index in [4.69, 9.17) is 0 Å². The molecule has 0 aromatic heterocycles. The molecule has 0 spiro atoms. The van der Waals surface area contributed by atoms with Crippen LogP contribution in [0.15, 0.2) is 18.2 Å². The summed E-state index contributed by atoms with van der Waals surface area (Å²) < 4.78 is 0. The lowest BCUT2D eigenvalue weighted by Gasteiger charge is -2.31. The van der Waals surface area contributed by atoms with Crippen molar-refractivity contribution < 1.29 is 0 Å². The summed E-state index contributed by atoms with van der Waals surface area (Å²) >= 11 is 0. The molecule has 0 atom stereocenters. The molecular formula is C15H24N2. The van der Waals surface area contributed by atoms with Crippen LogP contribution in [0.2, 0.25) is 0 Å². The zero-order chi connectivity index (χ0) is 12.3. The molecule has 0 saturated carbocycles. The third kappa shape index (κ3) is 3.55. The van der Waals surface area contributed by atoms with E-state index >= 15 is 0 Å². The van der Waals surface area contributed by atoms with E-state index in [1.165, 1.54) is 42.9 Å². The number of likely N-dealkylation sites (N-methyl/N-ethyl adjacent to an activating group) is 1. The standard InChI is InChI=1S/C15H24N2/c1-12-4-5-14(8-13(12)2)6-7-17(3)11-15-9-16-10-15/h4-5,8,15-16H,6-7,9-11H2,1-3H3. The smallest absolute Gasteiger partial charge is 0.00311 e. The predicted octanol–water partition coefficient (Wildman–Crippen LogP) is 2.00. The molecule has 2 rings (SSSR count). The molecule has 17 heavy (non-hydrogen) atoms. The summed E-state index contributed by atoms with van der Waals surface area (Å²) in [7, 11) is 2.24. The lowest BCUT2D eigenvalue weighted by atomic mass is 10.0. The van der Waals surface area contributed by atoms with Crippen molar-refractivity contribution in [3.05, 3.63) is 34.9 Å². The Kier molecular flexibility index (Phi) is 4.19. The minimum Gasteiger partial charge on any atom is -0.316 e. The molecule has 0 radical (unpaired) electrons. The van der Waals surface area contributed by atoms with E-state index in [0.717, 1.165) is 12.3 Å². The second-order valence-corrected chi connectivity index (χ2v) is 5.46. The van der Waals surface area contributed by atoms with Crippen LogP contribution in [0.4, 0.5) is 0 Å². The van der Waals surface area contributed by atoms with Gasteiger partial charge in [-0.1, -0.05) is 18.2 Å². The third-order valence-corrected chi connectivity index (χ3v) is 3.79. The van der Waals surface area contributed by atoms with E-state index in [2.05, 4.69) is 49.3 Å². The van der Waals surface area contributed by atoms with Gasteiger partial charge < -0.3 is 10.2 Å². The fourth-order valence-corrected chi connectivity index (χ4v) is 2.29. The van der Waals surface area contributed by atoms with Gasteiger partial charge in [-0.25, -0.2) is 0 Å². The topological polar surface area (TPSA) is 15.3 Å². The van der Waals surface area contributed by atoms with Crippen LogP contribution in [0.3, 0.4) is 0 Å². The summed E-state index contributed by atoms with van der Waals surface area (Å²) in [6.45, 7) is 9.18. The van der Waals surface area contributed by atoms with E-state index in [1.54, 1.807) is 0 Å². The molecule has 1 aromatic rings. The van der Waals surface area contributed by atoms with Gasteiger partial charge in [-0.05, 0) is 49.9 Å². The Bertz CT molecular complexity index is 369. The molecule has 2 heteroatoms.